The van der Waals surface area contributed by atoms with Gasteiger partial charge in [0.15, 0.2) is 0 Å². The van der Waals surface area contributed by atoms with Crippen molar-refractivity contribution >= 4 is 27.0 Å². The molecule has 0 amide bonds. The number of ether oxygens (including phenoxy) is 1. The second kappa shape index (κ2) is 10.5. The molecule has 0 fully saturated rings. The molecule has 36 heavy (non-hydrogen) atoms. The van der Waals surface area contributed by atoms with Crippen LogP contribution in [0.4, 0.5) is 0 Å². The Morgan fingerprint density at radius 2 is 1.67 bits per heavy atom. The van der Waals surface area contributed by atoms with Gasteiger partial charge in [-0.15, -0.1) is 0 Å². The first kappa shape index (κ1) is 25.3. The summed E-state index contributed by atoms with van der Waals surface area (Å²) in [4.78, 5) is 25.6. The summed E-state index contributed by atoms with van der Waals surface area (Å²) in [6.07, 6.45) is 1.35. The van der Waals surface area contributed by atoms with Gasteiger partial charge in [-0.25, -0.2) is 18.0 Å². The van der Waals surface area contributed by atoms with Gasteiger partial charge in [0.05, 0.1) is 10.3 Å². The molecule has 0 saturated heterocycles. The lowest BCUT2D eigenvalue weighted by Crippen LogP contribution is -2.36. The number of fused-ring (bicyclic) bond motifs is 1. The van der Waals surface area contributed by atoms with E-state index in [1.807, 2.05) is 13.8 Å². The molecule has 8 heteroatoms. The standard InChI is InChI=1S/C28H27NO6S/c1-4-8-21-17-25(30)34-23-15-19(3)16-24(26(21)23)35-28(31)27(20-9-6-5-7-10-20)29-36(32,33)22-13-11-18(2)12-14-22/h5-7,9-17,27,29H,4,8H2,1-3H3. The van der Waals surface area contributed by atoms with Crippen LogP contribution >= 0.6 is 0 Å². The Morgan fingerprint density at radius 3 is 2.33 bits per heavy atom. The molecule has 0 aliphatic carbocycles. The summed E-state index contributed by atoms with van der Waals surface area (Å²) < 4.78 is 40.0. The number of hydrogen-bond acceptors (Lipinski definition) is 6. The number of hydrogen-bond donors (Lipinski definition) is 1. The van der Waals surface area contributed by atoms with Crippen LogP contribution in [0.3, 0.4) is 0 Å². The highest BCUT2D eigenvalue weighted by Crippen LogP contribution is 2.32. The number of aryl methyl sites for hydroxylation is 3. The lowest BCUT2D eigenvalue weighted by molar-refractivity contribution is -0.136. The van der Waals surface area contributed by atoms with E-state index in [0.717, 1.165) is 17.5 Å². The van der Waals surface area contributed by atoms with Crippen LogP contribution < -0.4 is 15.1 Å². The molecule has 1 N–H and O–H groups in total. The van der Waals surface area contributed by atoms with Crippen LogP contribution in [0.2, 0.25) is 0 Å². The van der Waals surface area contributed by atoms with Crippen molar-refractivity contribution in [3.8, 4) is 5.75 Å². The number of sulfonamides is 1. The van der Waals surface area contributed by atoms with Crippen molar-refractivity contribution in [3.63, 3.8) is 0 Å². The largest absolute Gasteiger partial charge is 0.424 e. The molecule has 186 valence electrons. The number of rotatable bonds is 8. The van der Waals surface area contributed by atoms with Crippen LogP contribution in [0.1, 0.15) is 41.6 Å². The third-order valence-corrected chi connectivity index (χ3v) is 7.18. The first-order valence-corrected chi connectivity index (χ1v) is 13.1. The van der Waals surface area contributed by atoms with Crippen molar-refractivity contribution in [2.75, 3.05) is 0 Å². The molecule has 4 aromatic rings. The summed E-state index contributed by atoms with van der Waals surface area (Å²) in [5, 5.41) is 0.517. The molecule has 0 bridgehead atoms. The second-order valence-corrected chi connectivity index (χ2v) is 10.4. The van der Waals surface area contributed by atoms with Gasteiger partial charge in [-0.05, 0) is 61.2 Å². The monoisotopic (exact) mass is 505 g/mol. The van der Waals surface area contributed by atoms with Crippen molar-refractivity contribution in [3.05, 3.63) is 105 Å². The highest BCUT2D eigenvalue weighted by molar-refractivity contribution is 7.89. The van der Waals surface area contributed by atoms with Gasteiger partial charge >= 0.3 is 11.6 Å². The average molecular weight is 506 g/mol. The fourth-order valence-electron chi connectivity index (χ4n) is 4.02. The molecule has 7 nitrogen and oxygen atoms in total. The van der Waals surface area contributed by atoms with E-state index in [0.29, 0.717) is 28.5 Å². The van der Waals surface area contributed by atoms with Crippen LogP contribution in [0.5, 0.6) is 5.75 Å². The van der Waals surface area contributed by atoms with Crippen molar-refractivity contribution in [1.29, 1.82) is 0 Å². The molecule has 0 saturated carbocycles. The Hall–Kier alpha value is -3.75. The molecule has 1 unspecified atom stereocenters. The number of carbonyl (C=O) groups excluding carboxylic acids is 1. The maximum Gasteiger partial charge on any atom is 0.336 e. The SMILES string of the molecule is CCCc1cc(=O)oc2cc(C)cc(OC(=O)C(NS(=O)(=O)c3ccc(C)cc3)c3ccccc3)c12. The zero-order valence-electron chi connectivity index (χ0n) is 20.3. The first-order valence-electron chi connectivity index (χ1n) is 11.6. The fourth-order valence-corrected chi connectivity index (χ4v) is 5.20. The molecule has 0 aliphatic rings. The molecular weight excluding hydrogens is 478 g/mol. The van der Waals surface area contributed by atoms with Crippen molar-refractivity contribution in [2.45, 2.75) is 44.6 Å². The summed E-state index contributed by atoms with van der Waals surface area (Å²) in [5.41, 5.74) is 2.58. The van der Waals surface area contributed by atoms with Crippen LogP contribution in [-0.2, 0) is 21.2 Å². The minimum atomic E-state index is -4.05. The fraction of sp³-hybridized carbons (Fsp3) is 0.214. The molecule has 1 atom stereocenters. The molecule has 0 radical (unpaired) electrons. The predicted molar refractivity (Wildman–Crippen MR) is 138 cm³/mol. The normalized spacial score (nSPS) is 12.4. The van der Waals surface area contributed by atoms with E-state index < -0.39 is 27.7 Å². The Bertz CT molecular complexity index is 1560. The molecular formula is C28H27NO6S. The van der Waals surface area contributed by atoms with Crippen molar-refractivity contribution in [2.24, 2.45) is 0 Å². The lowest BCUT2D eigenvalue weighted by atomic mass is 10.0. The predicted octanol–water partition coefficient (Wildman–Crippen LogP) is 4.99. The first-order chi connectivity index (χ1) is 17.2. The number of esters is 1. The molecule has 0 aliphatic heterocycles. The van der Waals surface area contributed by atoms with Crippen molar-refractivity contribution in [1.82, 2.24) is 4.72 Å². The van der Waals surface area contributed by atoms with Gasteiger partial charge in [-0.2, -0.15) is 4.72 Å². The van der Waals surface area contributed by atoms with Gasteiger partial charge < -0.3 is 9.15 Å². The van der Waals surface area contributed by atoms with Gasteiger partial charge in [-0.3, -0.25) is 0 Å². The highest BCUT2D eigenvalue weighted by atomic mass is 32.2. The van der Waals surface area contributed by atoms with E-state index in [9.17, 15) is 18.0 Å². The molecule has 4 rings (SSSR count). The van der Waals surface area contributed by atoms with Gasteiger partial charge in [0.2, 0.25) is 10.0 Å². The zero-order valence-corrected chi connectivity index (χ0v) is 21.1. The van der Waals surface area contributed by atoms with Gasteiger partial charge in [0.25, 0.3) is 0 Å². The minimum absolute atomic E-state index is 0.0369. The van der Waals surface area contributed by atoms with E-state index >= 15 is 0 Å². The molecule has 1 aromatic heterocycles. The quantitative estimate of drug-likeness (QED) is 0.206. The Balaban J connectivity index is 1.76. The van der Waals surface area contributed by atoms with Gasteiger partial charge in [0.1, 0.15) is 17.4 Å². The highest BCUT2D eigenvalue weighted by Gasteiger charge is 2.30. The summed E-state index contributed by atoms with van der Waals surface area (Å²) >= 11 is 0. The minimum Gasteiger partial charge on any atom is -0.424 e. The summed E-state index contributed by atoms with van der Waals surface area (Å²) in [6, 6.07) is 18.3. The van der Waals surface area contributed by atoms with E-state index in [4.69, 9.17) is 9.15 Å². The molecule has 1 heterocycles. The summed E-state index contributed by atoms with van der Waals surface area (Å²) in [5.74, 6) is -0.602. The summed E-state index contributed by atoms with van der Waals surface area (Å²) in [6.45, 7) is 5.62. The van der Waals surface area contributed by atoms with Gasteiger partial charge in [0, 0.05) is 6.07 Å². The molecule has 0 spiro atoms. The number of carbonyl (C=O) groups is 1. The van der Waals surface area contributed by atoms with Crippen LogP contribution in [0.25, 0.3) is 11.0 Å². The maximum atomic E-state index is 13.5. The number of nitrogens with one attached hydrogen (secondary N) is 1. The van der Waals surface area contributed by atoms with E-state index in [-0.39, 0.29) is 10.6 Å². The zero-order chi connectivity index (χ0) is 25.9. The van der Waals surface area contributed by atoms with E-state index in [2.05, 4.69) is 4.72 Å². The van der Waals surface area contributed by atoms with Gasteiger partial charge in [-0.1, -0.05) is 61.4 Å². The summed E-state index contributed by atoms with van der Waals surface area (Å²) in [7, 11) is -4.05. The Kier molecular flexibility index (Phi) is 7.37. The van der Waals surface area contributed by atoms with Crippen LogP contribution in [0, 0.1) is 13.8 Å². The van der Waals surface area contributed by atoms with E-state index in [1.54, 1.807) is 61.5 Å². The maximum absolute atomic E-state index is 13.5. The lowest BCUT2D eigenvalue weighted by Gasteiger charge is -2.19. The smallest absolute Gasteiger partial charge is 0.336 e. The van der Waals surface area contributed by atoms with Crippen LogP contribution in [-0.4, -0.2) is 14.4 Å². The third-order valence-electron chi connectivity index (χ3n) is 5.74. The third kappa shape index (κ3) is 5.56. The average Bonchev–Trinajstić information content (AvgIpc) is 2.83. The second-order valence-electron chi connectivity index (χ2n) is 8.68. The Labute approximate surface area is 209 Å². The molecule has 3 aromatic carbocycles. The van der Waals surface area contributed by atoms with Crippen LogP contribution in [0.15, 0.2) is 86.9 Å². The van der Waals surface area contributed by atoms with E-state index in [1.165, 1.54) is 18.2 Å². The van der Waals surface area contributed by atoms with Crippen molar-refractivity contribution < 1.29 is 22.4 Å². The Morgan fingerprint density at radius 1 is 0.972 bits per heavy atom. The topological polar surface area (TPSA) is 103 Å². The number of benzene rings is 3.